The van der Waals surface area contributed by atoms with E-state index in [4.69, 9.17) is 18.9 Å². The number of hydrogen-bond acceptors (Lipinski definition) is 10. The molecule has 10 nitrogen and oxygen atoms in total. The Bertz CT molecular complexity index is 1190. The topological polar surface area (TPSA) is 155 Å². The second-order valence-corrected chi connectivity index (χ2v) is 14.2. The molecule has 0 aromatic rings. The standard InChI is InChI=1S/C38H62O10/c1-12-14-30-25(6)29(39)20-38(44,48-30)28(9)35(42)27(8)36-31(45-10)16-13-15-21(2)17-23(4)33(40)26(7)34(41)24(5)18-22(3)19-32(46-11)37(43)47-36/h12-16,18-19,23-31,33-36,39-42,44H,17,20H2,1-11H3. The zero-order valence-corrected chi connectivity index (χ0v) is 30.7. The molecule has 0 amide bonds. The maximum atomic E-state index is 13.6. The largest absolute Gasteiger partial charge is 0.490 e. The molecule has 2 heterocycles. The van der Waals surface area contributed by atoms with Crippen LogP contribution in [0, 0.1) is 35.5 Å². The third-order valence-corrected chi connectivity index (χ3v) is 10.3. The Morgan fingerprint density at radius 1 is 1.04 bits per heavy atom. The van der Waals surface area contributed by atoms with Crippen LogP contribution in [0.3, 0.4) is 0 Å². The van der Waals surface area contributed by atoms with Crippen molar-refractivity contribution in [3.63, 3.8) is 0 Å². The van der Waals surface area contributed by atoms with Crippen molar-refractivity contribution in [2.45, 2.75) is 124 Å². The van der Waals surface area contributed by atoms with Crippen molar-refractivity contribution >= 4 is 5.97 Å². The van der Waals surface area contributed by atoms with E-state index >= 15 is 0 Å². The molecule has 0 radical (unpaired) electrons. The first kappa shape index (κ1) is 41.9. The van der Waals surface area contributed by atoms with Crippen molar-refractivity contribution in [2.75, 3.05) is 14.2 Å². The molecule has 1 saturated heterocycles. The van der Waals surface area contributed by atoms with Crippen LogP contribution in [0.4, 0.5) is 0 Å². The van der Waals surface area contributed by atoms with E-state index in [-0.39, 0.29) is 29.9 Å². The van der Waals surface area contributed by atoms with Crippen LogP contribution >= 0.6 is 0 Å². The van der Waals surface area contributed by atoms with Crippen LogP contribution in [0.1, 0.15) is 75.2 Å². The Labute approximate surface area is 287 Å². The minimum Gasteiger partial charge on any atom is -0.490 e. The molecule has 48 heavy (non-hydrogen) atoms. The minimum absolute atomic E-state index is 0.0943. The van der Waals surface area contributed by atoms with Gasteiger partial charge in [0.15, 0.2) is 5.79 Å². The van der Waals surface area contributed by atoms with Crippen molar-refractivity contribution in [1.29, 1.82) is 0 Å². The van der Waals surface area contributed by atoms with Gasteiger partial charge in [-0.3, -0.25) is 0 Å². The number of methoxy groups -OCH3 is 2. The molecule has 2 aliphatic heterocycles. The van der Waals surface area contributed by atoms with E-state index in [0.29, 0.717) is 12.0 Å². The third-order valence-electron chi connectivity index (χ3n) is 10.3. The highest BCUT2D eigenvalue weighted by molar-refractivity contribution is 5.87. The van der Waals surface area contributed by atoms with Gasteiger partial charge in [0.05, 0.1) is 37.6 Å². The Hall–Kier alpha value is -2.31. The first-order chi connectivity index (χ1) is 22.4. The van der Waals surface area contributed by atoms with Gasteiger partial charge in [0, 0.05) is 43.1 Å². The molecule has 5 N–H and O–H groups in total. The van der Waals surface area contributed by atoms with E-state index < -0.39 is 72.2 Å². The molecule has 274 valence electrons. The minimum atomic E-state index is -1.86. The fraction of sp³-hybridized carbons (Fsp3) is 0.711. The smallest absolute Gasteiger partial charge is 0.373 e. The maximum absolute atomic E-state index is 13.6. The normalized spacial score (nSPS) is 38.5. The zero-order valence-electron chi connectivity index (χ0n) is 30.7. The molecule has 10 heteroatoms. The monoisotopic (exact) mass is 678 g/mol. The number of esters is 1. The van der Waals surface area contributed by atoms with Crippen LogP contribution < -0.4 is 0 Å². The summed E-state index contributed by atoms with van der Waals surface area (Å²) in [5.41, 5.74) is 1.63. The van der Waals surface area contributed by atoms with Crippen molar-refractivity contribution < 1.29 is 49.3 Å². The molecule has 0 saturated carbocycles. The van der Waals surface area contributed by atoms with Gasteiger partial charge in [0.2, 0.25) is 5.76 Å². The Morgan fingerprint density at radius 3 is 2.27 bits per heavy atom. The molecule has 14 atom stereocenters. The summed E-state index contributed by atoms with van der Waals surface area (Å²) in [7, 11) is 2.83. The first-order valence-corrected chi connectivity index (χ1v) is 17.2. The summed E-state index contributed by atoms with van der Waals surface area (Å²) < 4.78 is 23.4. The van der Waals surface area contributed by atoms with Gasteiger partial charge < -0.3 is 44.5 Å². The predicted octanol–water partition coefficient (Wildman–Crippen LogP) is 4.61. The Kier molecular flexibility index (Phi) is 16.2. The molecular formula is C38H62O10. The summed E-state index contributed by atoms with van der Waals surface area (Å²) in [6.45, 7) is 16.4. The van der Waals surface area contributed by atoms with Gasteiger partial charge in [-0.05, 0) is 39.2 Å². The summed E-state index contributed by atoms with van der Waals surface area (Å²) in [4.78, 5) is 13.6. The van der Waals surface area contributed by atoms with Gasteiger partial charge in [-0.25, -0.2) is 4.79 Å². The average Bonchev–Trinajstić information content (AvgIpc) is 3.04. The summed E-state index contributed by atoms with van der Waals surface area (Å²) in [5, 5.41) is 56.3. The van der Waals surface area contributed by atoms with Crippen molar-refractivity contribution in [2.24, 2.45) is 35.5 Å². The number of carbonyl (C=O) groups is 1. The lowest BCUT2D eigenvalue weighted by molar-refractivity contribution is -0.313. The van der Waals surface area contributed by atoms with E-state index in [1.54, 1.807) is 45.1 Å². The summed E-state index contributed by atoms with van der Waals surface area (Å²) in [5.74, 6) is -5.56. The summed E-state index contributed by atoms with van der Waals surface area (Å²) in [6.07, 6.45) is 6.66. The average molecular weight is 679 g/mol. The molecule has 0 bridgehead atoms. The highest BCUT2D eigenvalue weighted by Crippen LogP contribution is 2.40. The SMILES string of the molecule is CC=CC1OC(O)(C(C)C(O)C(C)C2OC(=O)C(OC)=CC(C)=CC(C)C(O)C(C)C(O)C(C)CC(C)=CC=CC2OC)CC(O)C1C. The molecule has 0 spiro atoms. The summed E-state index contributed by atoms with van der Waals surface area (Å²) in [6, 6.07) is 0. The van der Waals surface area contributed by atoms with Crippen LogP contribution in [0.2, 0.25) is 0 Å². The van der Waals surface area contributed by atoms with Gasteiger partial charge in [0.25, 0.3) is 0 Å². The molecule has 0 aromatic heterocycles. The number of cyclic esters (lactones) is 1. The predicted molar refractivity (Wildman–Crippen MR) is 185 cm³/mol. The molecule has 2 rings (SSSR count). The lowest BCUT2D eigenvalue weighted by Crippen LogP contribution is -2.58. The lowest BCUT2D eigenvalue weighted by atomic mass is 9.77. The lowest BCUT2D eigenvalue weighted by Gasteiger charge is -2.47. The van der Waals surface area contributed by atoms with E-state index in [2.05, 4.69) is 0 Å². The van der Waals surface area contributed by atoms with Crippen LogP contribution in [-0.4, -0.2) is 94.2 Å². The maximum Gasteiger partial charge on any atom is 0.373 e. The molecule has 0 aromatic carbocycles. The highest BCUT2D eigenvalue weighted by Gasteiger charge is 2.50. The Morgan fingerprint density at radius 2 is 1.69 bits per heavy atom. The van der Waals surface area contributed by atoms with Gasteiger partial charge in [0.1, 0.15) is 12.2 Å². The number of carbonyl (C=O) groups excluding carboxylic acids is 1. The van der Waals surface area contributed by atoms with E-state index in [9.17, 15) is 30.3 Å². The van der Waals surface area contributed by atoms with Crippen LogP contribution in [0.5, 0.6) is 0 Å². The second-order valence-electron chi connectivity index (χ2n) is 14.2. The van der Waals surface area contributed by atoms with Crippen LogP contribution in [0.25, 0.3) is 0 Å². The number of hydrogen-bond donors (Lipinski definition) is 5. The molecule has 1 fully saturated rings. The molecular weight excluding hydrogens is 616 g/mol. The van der Waals surface area contributed by atoms with Gasteiger partial charge in [-0.15, -0.1) is 0 Å². The quantitative estimate of drug-likeness (QED) is 0.191. The van der Waals surface area contributed by atoms with Crippen molar-refractivity contribution in [1.82, 2.24) is 0 Å². The van der Waals surface area contributed by atoms with Gasteiger partial charge >= 0.3 is 5.97 Å². The number of aliphatic hydroxyl groups is 5. The van der Waals surface area contributed by atoms with Gasteiger partial charge in [-0.2, -0.15) is 0 Å². The Balaban J connectivity index is 2.57. The first-order valence-electron chi connectivity index (χ1n) is 17.2. The number of ether oxygens (including phenoxy) is 4. The molecule has 0 aliphatic carbocycles. The van der Waals surface area contributed by atoms with Crippen molar-refractivity contribution in [3.8, 4) is 0 Å². The number of aliphatic hydroxyl groups excluding tert-OH is 4. The van der Waals surface area contributed by atoms with Crippen LogP contribution in [-0.2, 0) is 23.7 Å². The van der Waals surface area contributed by atoms with Crippen molar-refractivity contribution in [3.05, 3.63) is 59.4 Å². The van der Waals surface area contributed by atoms with E-state index in [1.807, 2.05) is 53.7 Å². The fourth-order valence-corrected chi connectivity index (χ4v) is 6.88. The second kappa shape index (κ2) is 18.6. The molecule has 2 aliphatic rings. The van der Waals surface area contributed by atoms with Gasteiger partial charge in [-0.1, -0.05) is 89.1 Å². The zero-order chi connectivity index (χ0) is 36.5. The highest BCUT2D eigenvalue weighted by atomic mass is 16.6. The molecule has 14 unspecified atom stereocenters. The summed E-state index contributed by atoms with van der Waals surface area (Å²) >= 11 is 0. The van der Waals surface area contributed by atoms with E-state index in [0.717, 1.165) is 5.57 Å². The number of allylic oxidation sites excluding steroid dienone is 6. The number of rotatable bonds is 7. The third kappa shape index (κ3) is 10.6. The fourth-order valence-electron chi connectivity index (χ4n) is 6.88. The van der Waals surface area contributed by atoms with E-state index in [1.165, 1.54) is 20.3 Å². The van der Waals surface area contributed by atoms with Crippen LogP contribution in [0.15, 0.2) is 59.4 Å².